The molecule has 1 rings (SSSR count). The standard InChI is InChI=1S/C11H10O12.6K/c12-3(13)9(4(14)15)1-2-10(5(16)17,6(18)19)11(9,7(20)21)8(22)23;;;;;;/h1-2H2,(H,12,13)(H,14,15)(H,16,17)(H,18,19)(H,20,21)(H,22,23);;;;;;/q;6*+1/p-6. The van der Waals surface area contributed by atoms with Gasteiger partial charge in [0.2, 0.25) is 0 Å². The molecular formula is C11H4K6O12. The first-order valence-corrected chi connectivity index (χ1v) is 5.66. The number of carbonyl (C=O) groups excluding carboxylic acids is 6. The zero-order valence-corrected chi connectivity index (χ0v) is 35.6. The molecule has 0 saturated heterocycles. The van der Waals surface area contributed by atoms with Crippen molar-refractivity contribution >= 4 is 35.8 Å². The average Bonchev–Trinajstić information content (AvgIpc) is 2.72. The average molecular weight is 563 g/mol. The number of hydrogen-bond donors (Lipinski definition) is 0. The molecule has 18 heteroatoms. The Hall–Kier alpha value is 6.64. The molecule has 0 aliphatic heterocycles. The van der Waals surface area contributed by atoms with Gasteiger partial charge >= 0.3 is 308 Å². The van der Waals surface area contributed by atoms with Crippen LogP contribution in [0.4, 0.5) is 0 Å². The number of aliphatic carboxylic acids is 6. The predicted octanol–water partition coefficient (Wildman–Crippen LogP) is -27.7. The van der Waals surface area contributed by atoms with Crippen molar-refractivity contribution in [1.29, 1.82) is 0 Å². The van der Waals surface area contributed by atoms with Crippen LogP contribution in [0.25, 0.3) is 0 Å². The molecule has 0 atom stereocenters. The summed E-state index contributed by atoms with van der Waals surface area (Å²) in [5.41, 5.74) is -12.8. The van der Waals surface area contributed by atoms with Gasteiger partial charge in [0.25, 0.3) is 0 Å². The molecule has 0 unspecified atom stereocenters. The Morgan fingerprint density at radius 1 is 0.414 bits per heavy atom. The second-order valence-electron chi connectivity index (χ2n) is 4.79. The van der Waals surface area contributed by atoms with Crippen LogP contribution in [-0.2, 0) is 28.8 Å². The van der Waals surface area contributed by atoms with Crippen molar-refractivity contribution in [2.45, 2.75) is 12.8 Å². The molecule has 0 aromatic heterocycles. The summed E-state index contributed by atoms with van der Waals surface area (Å²) in [6.07, 6.45) is -3.19. The van der Waals surface area contributed by atoms with Crippen molar-refractivity contribution in [3.63, 3.8) is 0 Å². The van der Waals surface area contributed by atoms with Crippen LogP contribution in [0, 0.1) is 16.2 Å². The van der Waals surface area contributed by atoms with Gasteiger partial charge in [-0.2, -0.15) is 0 Å². The minimum Gasteiger partial charge on any atom is -0.549 e. The van der Waals surface area contributed by atoms with Gasteiger partial charge in [0.05, 0.1) is 52.1 Å². The number of carboxylic acids is 6. The fourth-order valence-electron chi connectivity index (χ4n) is 3.08. The summed E-state index contributed by atoms with van der Waals surface area (Å²) >= 11 is 0. The van der Waals surface area contributed by atoms with E-state index in [4.69, 9.17) is 0 Å². The van der Waals surface area contributed by atoms with E-state index in [1.54, 1.807) is 0 Å². The molecule has 12 nitrogen and oxygen atoms in total. The summed E-state index contributed by atoms with van der Waals surface area (Å²) in [6, 6.07) is 0. The van der Waals surface area contributed by atoms with Gasteiger partial charge < -0.3 is 59.4 Å². The summed E-state index contributed by atoms with van der Waals surface area (Å²) in [7, 11) is 0. The van der Waals surface area contributed by atoms with Gasteiger partial charge in [-0.25, -0.2) is 0 Å². The second kappa shape index (κ2) is 19.7. The molecule has 0 aromatic rings. The van der Waals surface area contributed by atoms with Crippen molar-refractivity contribution in [2.24, 2.45) is 16.2 Å². The molecule has 1 aliphatic rings. The first kappa shape index (κ1) is 48.7. The molecule has 0 spiro atoms. The zero-order chi connectivity index (χ0) is 18.4. The van der Waals surface area contributed by atoms with Crippen LogP contribution in [0.15, 0.2) is 0 Å². The molecule has 29 heavy (non-hydrogen) atoms. The Balaban J connectivity index is -0.000000220. The van der Waals surface area contributed by atoms with E-state index >= 15 is 0 Å². The Morgan fingerprint density at radius 3 is 0.690 bits per heavy atom. The SMILES string of the molecule is O=C([O-])C1(C(=O)[O-])CCC(C(=O)[O-])(C(=O)[O-])C1(C(=O)[O-])C(=O)[O-].[K+].[K+].[K+].[K+].[K+].[K+]. The third kappa shape index (κ3) is 8.07. The van der Waals surface area contributed by atoms with Crippen LogP contribution < -0.4 is 339 Å². The Kier molecular flexibility index (Phi) is 33.0. The van der Waals surface area contributed by atoms with Crippen LogP contribution >= 0.6 is 0 Å². The van der Waals surface area contributed by atoms with Crippen LogP contribution in [0.5, 0.6) is 0 Å². The van der Waals surface area contributed by atoms with Crippen molar-refractivity contribution in [3.05, 3.63) is 0 Å². The summed E-state index contributed by atoms with van der Waals surface area (Å²) in [5, 5.41) is 67.4. The third-order valence-corrected chi connectivity index (χ3v) is 4.16. The van der Waals surface area contributed by atoms with Crippen LogP contribution in [0.1, 0.15) is 12.8 Å². The van der Waals surface area contributed by atoms with E-state index in [2.05, 4.69) is 0 Å². The molecule has 1 aliphatic carbocycles. The summed E-state index contributed by atoms with van der Waals surface area (Å²) in [4.78, 5) is 67.4. The minimum atomic E-state index is -4.63. The molecule has 1 fully saturated rings. The van der Waals surface area contributed by atoms with Gasteiger partial charge in [-0.05, 0) is 12.8 Å². The van der Waals surface area contributed by atoms with E-state index in [-0.39, 0.29) is 308 Å². The first-order valence-electron chi connectivity index (χ1n) is 5.66. The van der Waals surface area contributed by atoms with E-state index in [9.17, 15) is 59.4 Å². The molecule has 1 saturated carbocycles. The van der Waals surface area contributed by atoms with E-state index in [1.165, 1.54) is 0 Å². The Morgan fingerprint density at radius 2 is 0.586 bits per heavy atom. The minimum absolute atomic E-state index is 0. The largest absolute Gasteiger partial charge is 1.00 e. The van der Waals surface area contributed by atoms with E-state index in [0.29, 0.717) is 0 Å². The molecule has 0 radical (unpaired) electrons. The van der Waals surface area contributed by atoms with Gasteiger partial charge in [0.1, 0.15) is 0 Å². The molecule has 0 bridgehead atoms. The van der Waals surface area contributed by atoms with E-state index < -0.39 is 64.9 Å². The van der Waals surface area contributed by atoms with Crippen LogP contribution in [-0.4, -0.2) is 35.8 Å². The molecule has 126 valence electrons. The van der Waals surface area contributed by atoms with Crippen molar-refractivity contribution in [2.75, 3.05) is 0 Å². The van der Waals surface area contributed by atoms with Gasteiger partial charge in [-0.3, -0.25) is 0 Å². The van der Waals surface area contributed by atoms with Gasteiger partial charge in [0, 0.05) is 0 Å². The van der Waals surface area contributed by atoms with Crippen molar-refractivity contribution < 1.29 is 368 Å². The molecular weight excluding hydrogens is 559 g/mol. The number of carboxylic acid groups (broad SMARTS) is 6. The zero-order valence-electron chi connectivity index (χ0n) is 16.8. The van der Waals surface area contributed by atoms with Crippen molar-refractivity contribution in [1.82, 2.24) is 0 Å². The molecule has 0 N–H and O–H groups in total. The number of carbonyl (C=O) groups is 6. The van der Waals surface area contributed by atoms with Crippen LogP contribution in [0.3, 0.4) is 0 Å². The second-order valence-corrected chi connectivity index (χ2v) is 4.79. The summed E-state index contributed by atoms with van der Waals surface area (Å²) in [6.45, 7) is 0. The number of hydrogen-bond acceptors (Lipinski definition) is 12. The molecule has 0 aromatic carbocycles. The first-order chi connectivity index (χ1) is 10.4. The fraction of sp³-hybridized carbons (Fsp3) is 0.455. The normalized spacial score (nSPS) is 16.1. The maximum atomic E-state index is 11.3. The third-order valence-electron chi connectivity index (χ3n) is 4.16. The van der Waals surface area contributed by atoms with Gasteiger partial charge in [0.15, 0.2) is 0 Å². The fourth-order valence-corrected chi connectivity index (χ4v) is 3.08. The van der Waals surface area contributed by atoms with Gasteiger partial charge in [-0.1, -0.05) is 0 Å². The van der Waals surface area contributed by atoms with E-state index in [1.807, 2.05) is 0 Å². The van der Waals surface area contributed by atoms with Crippen LogP contribution in [0.2, 0.25) is 0 Å². The maximum absolute atomic E-state index is 11.3. The van der Waals surface area contributed by atoms with Gasteiger partial charge in [-0.15, -0.1) is 0 Å². The summed E-state index contributed by atoms with van der Waals surface area (Å²) in [5.74, 6) is -17.9. The quantitative estimate of drug-likeness (QED) is 0.216. The maximum Gasteiger partial charge on any atom is 1.00 e. The smallest absolute Gasteiger partial charge is 0.549 e. The monoisotopic (exact) mass is 562 g/mol. The predicted molar refractivity (Wildman–Crippen MR) is 46.6 cm³/mol. The van der Waals surface area contributed by atoms with E-state index in [0.717, 1.165) is 0 Å². The Labute approximate surface area is 419 Å². The topological polar surface area (TPSA) is 241 Å². The Bertz CT molecular complexity index is 581. The van der Waals surface area contributed by atoms with Crippen molar-refractivity contribution in [3.8, 4) is 0 Å². The molecule has 0 amide bonds. The molecule has 0 heterocycles. The summed E-state index contributed by atoms with van der Waals surface area (Å²) < 4.78 is 0. The number of rotatable bonds is 6.